The molecule has 1 fully saturated rings. The van der Waals surface area contributed by atoms with E-state index >= 15 is 0 Å². The standard InChI is InChI=1S/C14H13F3N2O4S/c15-14(16,17)7-2-1-3-8(4-7)19-11(20)5-10(12(19)21)24-6-9(18)13(22)23/h1-4,9-10H,5-6,18H2,(H,22,23). The van der Waals surface area contributed by atoms with E-state index in [0.717, 1.165) is 30.0 Å². The molecule has 0 spiro atoms. The maximum Gasteiger partial charge on any atom is 0.416 e. The van der Waals surface area contributed by atoms with Crippen molar-refractivity contribution in [3.8, 4) is 0 Å². The van der Waals surface area contributed by atoms with Crippen LogP contribution in [0.25, 0.3) is 0 Å². The summed E-state index contributed by atoms with van der Waals surface area (Å²) in [5, 5.41) is 7.84. The first kappa shape index (κ1) is 18.3. The van der Waals surface area contributed by atoms with Gasteiger partial charge in [-0.25, -0.2) is 4.90 Å². The Kier molecular flexibility index (Phi) is 5.19. The highest BCUT2D eigenvalue weighted by atomic mass is 32.2. The molecule has 2 rings (SSSR count). The number of anilines is 1. The summed E-state index contributed by atoms with van der Waals surface area (Å²) < 4.78 is 38.2. The van der Waals surface area contributed by atoms with Crippen LogP contribution in [-0.2, 0) is 20.6 Å². The van der Waals surface area contributed by atoms with Crippen molar-refractivity contribution in [2.75, 3.05) is 10.7 Å². The number of hydrogen-bond acceptors (Lipinski definition) is 5. The smallest absolute Gasteiger partial charge is 0.416 e. The zero-order valence-electron chi connectivity index (χ0n) is 12.1. The molecule has 1 aliphatic rings. The van der Waals surface area contributed by atoms with E-state index in [9.17, 15) is 27.6 Å². The van der Waals surface area contributed by atoms with Crippen molar-refractivity contribution >= 4 is 35.2 Å². The van der Waals surface area contributed by atoms with Gasteiger partial charge in [0.15, 0.2) is 0 Å². The first-order valence-corrected chi connectivity index (χ1v) is 7.80. The summed E-state index contributed by atoms with van der Waals surface area (Å²) in [7, 11) is 0. The van der Waals surface area contributed by atoms with Gasteiger partial charge in [0, 0.05) is 12.2 Å². The number of carboxylic acid groups (broad SMARTS) is 1. The number of aliphatic carboxylic acids is 1. The number of halogens is 3. The van der Waals surface area contributed by atoms with E-state index in [-0.39, 0.29) is 17.9 Å². The molecule has 6 nitrogen and oxygen atoms in total. The lowest BCUT2D eigenvalue weighted by atomic mass is 10.2. The fourth-order valence-corrected chi connectivity index (χ4v) is 3.21. The molecule has 2 unspecified atom stereocenters. The minimum atomic E-state index is -4.59. The number of thioether (sulfide) groups is 1. The lowest BCUT2D eigenvalue weighted by molar-refractivity contribution is -0.138. The van der Waals surface area contributed by atoms with E-state index in [1.165, 1.54) is 6.07 Å². The van der Waals surface area contributed by atoms with Gasteiger partial charge in [0.1, 0.15) is 6.04 Å². The molecule has 24 heavy (non-hydrogen) atoms. The average molecular weight is 362 g/mol. The number of hydrogen-bond donors (Lipinski definition) is 2. The molecule has 1 aromatic rings. The van der Waals surface area contributed by atoms with Gasteiger partial charge >= 0.3 is 12.1 Å². The fourth-order valence-electron chi connectivity index (χ4n) is 2.12. The van der Waals surface area contributed by atoms with Crippen molar-refractivity contribution in [1.29, 1.82) is 0 Å². The molecule has 1 heterocycles. The van der Waals surface area contributed by atoms with Crippen LogP contribution in [0.4, 0.5) is 18.9 Å². The molecule has 2 atom stereocenters. The van der Waals surface area contributed by atoms with E-state index in [2.05, 4.69) is 0 Å². The zero-order chi connectivity index (χ0) is 18.1. The highest BCUT2D eigenvalue weighted by Crippen LogP contribution is 2.34. The van der Waals surface area contributed by atoms with Crippen LogP contribution >= 0.6 is 11.8 Å². The number of nitrogens with zero attached hydrogens (tertiary/aromatic N) is 1. The number of carboxylic acids is 1. The Bertz CT molecular complexity index is 680. The van der Waals surface area contributed by atoms with Crippen LogP contribution in [0, 0.1) is 0 Å². The van der Waals surface area contributed by atoms with Crippen LogP contribution in [0.5, 0.6) is 0 Å². The van der Waals surface area contributed by atoms with Crippen LogP contribution < -0.4 is 10.6 Å². The number of amides is 2. The van der Waals surface area contributed by atoms with Crippen molar-refractivity contribution in [2.45, 2.75) is 23.9 Å². The van der Waals surface area contributed by atoms with Gasteiger partial charge in [-0.05, 0) is 18.2 Å². The van der Waals surface area contributed by atoms with E-state index in [4.69, 9.17) is 10.8 Å². The Morgan fingerprint density at radius 3 is 2.67 bits per heavy atom. The third kappa shape index (κ3) is 3.88. The molecule has 0 aromatic heterocycles. The Balaban J connectivity index is 2.16. The molecule has 1 aromatic carbocycles. The number of benzene rings is 1. The number of rotatable bonds is 5. The largest absolute Gasteiger partial charge is 0.480 e. The molecule has 0 bridgehead atoms. The van der Waals surface area contributed by atoms with Crippen LogP contribution in [0.1, 0.15) is 12.0 Å². The topological polar surface area (TPSA) is 101 Å². The normalized spacial score (nSPS) is 19.7. The Morgan fingerprint density at radius 2 is 2.08 bits per heavy atom. The second kappa shape index (κ2) is 6.81. The van der Waals surface area contributed by atoms with Crippen LogP contribution in [0.15, 0.2) is 24.3 Å². The SMILES string of the molecule is NC(CSC1CC(=O)N(c2cccc(C(F)(F)F)c2)C1=O)C(=O)O. The third-order valence-corrected chi connectivity index (χ3v) is 4.65. The number of alkyl halides is 3. The molecule has 0 saturated carbocycles. The minimum Gasteiger partial charge on any atom is -0.480 e. The van der Waals surface area contributed by atoms with Crippen LogP contribution in [0.2, 0.25) is 0 Å². The summed E-state index contributed by atoms with van der Waals surface area (Å²) in [6, 6.07) is 2.72. The van der Waals surface area contributed by atoms with Crippen molar-refractivity contribution in [3.05, 3.63) is 29.8 Å². The van der Waals surface area contributed by atoms with E-state index in [1.807, 2.05) is 0 Å². The van der Waals surface area contributed by atoms with Gasteiger partial charge in [-0.15, -0.1) is 11.8 Å². The molecule has 3 N–H and O–H groups in total. The van der Waals surface area contributed by atoms with Gasteiger partial charge in [0.2, 0.25) is 11.8 Å². The second-order valence-corrected chi connectivity index (χ2v) is 6.32. The van der Waals surface area contributed by atoms with Gasteiger partial charge in [-0.3, -0.25) is 14.4 Å². The maximum absolute atomic E-state index is 12.7. The molecule has 0 aliphatic carbocycles. The molecule has 2 amide bonds. The molecule has 130 valence electrons. The van der Waals surface area contributed by atoms with Crippen molar-refractivity contribution in [1.82, 2.24) is 0 Å². The molecule has 10 heteroatoms. The first-order valence-electron chi connectivity index (χ1n) is 6.75. The monoisotopic (exact) mass is 362 g/mol. The summed E-state index contributed by atoms with van der Waals surface area (Å²) in [5.74, 6) is -2.65. The summed E-state index contributed by atoms with van der Waals surface area (Å²) in [4.78, 5) is 35.6. The van der Waals surface area contributed by atoms with Crippen molar-refractivity contribution in [3.63, 3.8) is 0 Å². The van der Waals surface area contributed by atoms with E-state index < -0.39 is 40.8 Å². The molecule has 1 saturated heterocycles. The lowest BCUT2D eigenvalue weighted by Gasteiger charge is -2.17. The summed E-state index contributed by atoms with van der Waals surface area (Å²) in [6.45, 7) is 0. The van der Waals surface area contributed by atoms with Crippen LogP contribution in [-0.4, -0.2) is 39.9 Å². The highest BCUT2D eigenvalue weighted by Gasteiger charge is 2.41. The van der Waals surface area contributed by atoms with Gasteiger partial charge in [-0.1, -0.05) is 6.07 Å². The quantitative estimate of drug-likeness (QED) is 0.770. The van der Waals surface area contributed by atoms with E-state index in [0.29, 0.717) is 4.90 Å². The lowest BCUT2D eigenvalue weighted by Crippen LogP contribution is -2.35. The Morgan fingerprint density at radius 1 is 1.42 bits per heavy atom. The average Bonchev–Trinajstić information content (AvgIpc) is 2.78. The maximum atomic E-state index is 12.7. The molecule has 1 aliphatic heterocycles. The fraction of sp³-hybridized carbons (Fsp3) is 0.357. The highest BCUT2D eigenvalue weighted by molar-refractivity contribution is 8.00. The predicted molar refractivity (Wildman–Crippen MR) is 80.4 cm³/mol. The van der Waals surface area contributed by atoms with Gasteiger partial charge in [-0.2, -0.15) is 13.2 Å². The number of nitrogens with two attached hydrogens (primary N) is 1. The molecular formula is C14H13F3N2O4S. The number of carbonyl (C=O) groups excluding carboxylic acids is 2. The minimum absolute atomic E-state index is 0.0878. The predicted octanol–water partition coefficient (Wildman–Crippen LogP) is 1.48. The van der Waals surface area contributed by atoms with Crippen LogP contribution in [0.3, 0.4) is 0 Å². The zero-order valence-corrected chi connectivity index (χ0v) is 12.9. The van der Waals surface area contributed by atoms with Gasteiger partial charge < -0.3 is 10.8 Å². The second-order valence-electron chi connectivity index (χ2n) is 5.09. The number of carbonyl (C=O) groups is 3. The van der Waals surface area contributed by atoms with Gasteiger partial charge in [0.05, 0.1) is 16.5 Å². The Labute approximate surface area is 138 Å². The van der Waals surface area contributed by atoms with Crippen molar-refractivity contribution < 1.29 is 32.7 Å². The third-order valence-electron chi connectivity index (χ3n) is 3.33. The summed E-state index contributed by atoms with van der Waals surface area (Å²) >= 11 is 0.900. The molecular weight excluding hydrogens is 349 g/mol. The van der Waals surface area contributed by atoms with Gasteiger partial charge in [0.25, 0.3) is 0 Å². The van der Waals surface area contributed by atoms with Crippen molar-refractivity contribution in [2.24, 2.45) is 5.73 Å². The summed E-state index contributed by atoms with van der Waals surface area (Å²) in [5.41, 5.74) is 4.20. The first-order chi connectivity index (χ1) is 11.1. The Hall–Kier alpha value is -2.07. The summed E-state index contributed by atoms with van der Waals surface area (Å²) in [6.07, 6.45) is -4.81. The molecule has 0 radical (unpaired) electrons. The van der Waals surface area contributed by atoms with E-state index in [1.54, 1.807) is 0 Å². The number of imide groups is 1.